The first-order valence-electron chi connectivity index (χ1n) is 13.2. The van der Waals surface area contributed by atoms with Crippen molar-refractivity contribution in [3.63, 3.8) is 0 Å². The number of fused-ring (bicyclic) bond motifs is 2. The Kier molecular flexibility index (Phi) is 6.81. The summed E-state index contributed by atoms with van der Waals surface area (Å²) in [7, 11) is -8.06. The summed E-state index contributed by atoms with van der Waals surface area (Å²) in [6, 6.07) is 26.3. The summed E-state index contributed by atoms with van der Waals surface area (Å²) in [5, 5.41) is 23.9. The lowest BCUT2D eigenvalue weighted by atomic mass is 9.97. The molecule has 0 amide bonds. The molecule has 6 aromatic rings. The van der Waals surface area contributed by atoms with Crippen molar-refractivity contribution in [2.45, 2.75) is 35.8 Å². The van der Waals surface area contributed by atoms with Gasteiger partial charge in [-0.05, 0) is 50.2 Å². The fourth-order valence-electron chi connectivity index (χ4n) is 5.21. The van der Waals surface area contributed by atoms with Gasteiger partial charge in [0.25, 0.3) is 20.0 Å². The molecule has 2 aromatic heterocycles. The summed E-state index contributed by atoms with van der Waals surface area (Å²) in [6.45, 7) is 3.72. The summed E-state index contributed by atoms with van der Waals surface area (Å²) in [6.07, 6.45) is -0.525. The third-order valence-corrected chi connectivity index (χ3v) is 10.9. The second-order valence-electron chi connectivity index (χ2n) is 10.3. The minimum absolute atomic E-state index is 0.0832. The maximum Gasteiger partial charge on any atom is 0.268 e. The number of aliphatic hydroxyl groups is 2. The fraction of sp³-hybridized carbons (Fsp3) is 0.125. The Labute approximate surface area is 243 Å². The molecule has 0 aliphatic heterocycles. The highest BCUT2D eigenvalue weighted by Crippen LogP contribution is 2.39. The Morgan fingerprint density at radius 3 is 1.21 bits per heavy atom. The van der Waals surface area contributed by atoms with Gasteiger partial charge in [-0.3, -0.25) is 0 Å². The summed E-state index contributed by atoms with van der Waals surface area (Å²) in [5.74, 6) is 0. The average molecular weight is 601 g/mol. The molecule has 0 radical (unpaired) electrons. The van der Waals surface area contributed by atoms with Gasteiger partial charge in [-0.2, -0.15) is 0 Å². The molecule has 2 N–H and O–H groups in total. The molecule has 0 saturated carbocycles. The average Bonchev–Trinajstić information content (AvgIpc) is 3.57. The van der Waals surface area contributed by atoms with Crippen LogP contribution in [0.1, 0.15) is 34.5 Å². The van der Waals surface area contributed by atoms with Gasteiger partial charge >= 0.3 is 0 Å². The highest BCUT2D eigenvalue weighted by molar-refractivity contribution is 7.90. The Balaban J connectivity index is 1.47. The number of aliphatic hydroxyl groups excluding tert-OH is 2. The molecule has 2 unspecified atom stereocenters. The molecule has 2 atom stereocenters. The van der Waals surface area contributed by atoms with Crippen LogP contribution in [0.2, 0.25) is 0 Å². The van der Waals surface area contributed by atoms with Gasteiger partial charge in [-0.15, -0.1) is 0 Å². The molecule has 0 bridgehead atoms. The molecule has 4 aromatic carbocycles. The van der Waals surface area contributed by atoms with E-state index in [1.165, 1.54) is 36.7 Å². The Morgan fingerprint density at radius 2 is 0.857 bits per heavy atom. The van der Waals surface area contributed by atoms with E-state index >= 15 is 0 Å². The van der Waals surface area contributed by atoms with E-state index in [1.807, 2.05) is 13.8 Å². The SMILES string of the molecule is Cc1ccc(S(=O)(=O)n2cc(C(O)C(O)c3cn(S(=O)(=O)c4ccc(C)cc4)c4ccccc34)c3ccccc32)cc1. The first-order valence-corrected chi connectivity index (χ1v) is 16.1. The van der Waals surface area contributed by atoms with Gasteiger partial charge in [0.15, 0.2) is 0 Å². The van der Waals surface area contributed by atoms with E-state index in [0.29, 0.717) is 21.8 Å². The topological polar surface area (TPSA) is 119 Å². The molecule has 10 heteroatoms. The second kappa shape index (κ2) is 10.2. The number of benzene rings is 4. The largest absolute Gasteiger partial charge is 0.385 e. The molecule has 42 heavy (non-hydrogen) atoms. The lowest BCUT2D eigenvalue weighted by molar-refractivity contribution is 0.0190. The maximum atomic E-state index is 13.6. The Bertz CT molecular complexity index is 2010. The monoisotopic (exact) mass is 600 g/mol. The summed E-state index contributed by atoms with van der Waals surface area (Å²) < 4.78 is 56.7. The van der Waals surface area contributed by atoms with Crippen LogP contribution in [0.25, 0.3) is 21.8 Å². The van der Waals surface area contributed by atoms with E-state index in [-0.39, 0.29) is 20.9 Å². The number of nitrogens with zero attached hydrogens (tertiary/aromatic N) is 2. The first kappa shape index (κ1) is 27.9. The molecular weight excluding hydrogens is 572 g/mol. The van der Waals surface area contributed by atoms with Crippen molar-refractivity contribution < 1.29 is 27.0 Å². The predicted octanol–water partition coefficient (Wildman–Crippen LogP) is 5.45. The minimum Gasteiger partial charge on any atom is -0.385 e. The van der Waals surface area contributed by atoms with Gasteiger partial charge in [0.1, 0.15) is 12.2 Å². The number of rotatable bonds is 7. The van der Waals surface area contributed by atoms with E-state index < -0.39 is 32.3 Å². The standard InChI is InChI=1S/C32H28N2O6S2/c1-21-11-15-23(16-12-21)41(37,38)33-19-27(25-7-3-5-9-29(25)33)31(35)32(36)28-20-34(30-10-6-4-8-26(28)30)42(39,40)24-17-13-22(2)14-18-24/h3-20,31-32,35-36H,1-2H3. The van der Waals surface area contributed by atoms with Crippen molar-refractivity contribution in [1.29, 1.82) is 0 Å². The zero-order chi connectivity index (χ0) is 29.8. The summed E-state index contributed by atoms with van der Waals surface area (Å²) in [4.78, 5) is 0.166. The normalized spacial score (nSPS) is 13.9. The third kappa shape index (κ3) is 4.53. The van der Waals surface area contributed by atoms with E-state index in [4.69, 9.17) is 0 Å². The van der Waals surface area contributed by atoms with Gasteiger partial charge in [0.2, 0.25) is 0 Å². The number of aromatic nitrogens is 2. The van der Waals surface area contributed by atoms with Crippen LogP contribution in [0.3, 0.4) is 0 Å². The van der Waals surface area contributed by atoms with Gasteiger partial charge in [-0.25, -0.2) is 24.8 Å². The number of para-hydroxylation sites is 2. The van der Waals surface area contributed by atoms with Crippen molar-refractivity contribution in [3.05, 3.63) is 132 Å². The van der Waals surface area contributed by atoms with Crippen LogP contribution in [0.5, 0.6) is 0 Å². The van der Waals surface area contributed by atoms with Gasteiger partial charge < -0.3 is 10.2 Å². The zero-order valence-corrected chi connectivity index (χ0v) is 24.4. The molecule has 0 saturated heterocycles. The summed E-state index contributed by atoms with van der Waals surface area (Å²) >= 11 is 0. The van der Waals surface area contributed by atoms with Crippen LogP contribution >= 0.6 is 0 Å². The minimum atomic E-state index is -4.03. The molecule has 0 fully saturated rings. The number of hydrogen-bond acceptors (Lipinski definition) is 6. The van der Waals surface area contributed by atoms with Crippen LogP contribution in [0.15, 0.2) is 119 Å². The highest BCUT2D eigenvalue weighted by atomic mass is 32.2. The van der Waals surface area contributed by atoms with Crippen LogP contribution in [0, 0.1) is 13.8 Å². The number of aryl methyl sites for hydroxylation is 2. The van der Waals surface area contributed by atoms with Crippen LogP contribution in [-0.2, 0) is 20.0 Å². The van der Waals surface area contributed by atoms with Crippen molar-refractivity contribution in [1.82, 2.24) is 7.94 Å². The van der Waals surface area contributed by atoms with Gasteiger partial charge in [-0.1, -0.05) is 71.8 Å². The smallest absolute Gasteiger partial charge is 0.268 e. The van der Waals surface area contributed by atoms with Crippen LogP contribution in [-0.4, -0.2) is 35.0 Å². The third-order valence-electron chi connectivity index (χ3n) is 7.51. The molecule has 0 aliphatic carbocycles. The quantitative estimate of drug-likeness (QED) is 0.252. The van der Waals surface area contributed by atoms with E-state index in [0.717, 1.165) is 19.1 Å². The summed E-state index contributed by atoms with van der Waals surface area (Å²) in [5.41, 5.74) is 2.87. The lowest BCUT2D eigenvalue weighted by Gasteiger charge is -2.17. The van der Waals surface area contributed by atoms with Crippen LogP contribution in [0.4, 0.5) is 0 Å². The lowest BCUT2D eigenvalue weighted by Crippen LogP contribution is -2.13. The van der Waals surface area contributed by atoms with Gasteiger partial charge in [0, 0.05) is 34.3 Å². The van der Waals surface area contributed by atoms with Crippen molar-refractivity contribution >= 4 is 41.9 Å². The molecule has 6 rings (SSSR count). The second-order valence-corrected chi connectivity index (χ2v) is 14.0. The van der Waals surface area contributed by atoms with Gasteiger partial charge in [0.05, 0.1) is 20.8 Å². The molecule has 0 aliphatic rings. The van der Waals surface area contributed by atoms with Crippen LogP contribution < -0.4 is 0 Å². The Morgan fingerprint density at radius 1 is 0.524 bits per heavy atom. The molecule has 8 nitrogen and oxygen atoms in total. The highest BCUT2D eigenvalue weighted by Gasteiger charge is 2.31. The Hall–Kier alpha value is -4.22. The van der Waals surface area contributed by atoms with E-state index in [1.54, 1.807) is 72.8 Å². The predicted molar refractivity (Wildman–Crippen MR) is 161 cm³/mol. The number of hydrogen-bond donors (Lipinski definition) is 2. The van der Waals surface area contributed by atoms with Crippen molar-refractivity contribution in [3.8, 4) is 0 Å². The molecule has 2 heterocycles. The zero-order valence-electron chi connectivity index (χ0n) is 22.8. The van der Waals surface area contributed by atoms with Crippen molar-refractivity contribution in [2.24, 2.45) is 0 Å². The first-order chi connectivity index (χ1) is 20.0. The fourth-order valence-corrected chi connectivity index (χ4v) is 7.96. The van der Waals surface area contributed by atoms with E-state index in [2.05, 4.69) is 0 Å². The van der Waals surface area contributed by atoms with Crippen molar-refractivity contribution in [2.75, 3.05) is 0 Å². The molecule has 0 spiro atoms. The maximum absolute atomic E-state index is 13.6. The molecular formula is C32H28N2O6S2. The molecule has 214 valence electrons. The van der Waals surface area contributed by atoms with E-state index in [9.17, 15) is 27.0 Å².